The van der Waals surface area contributed by atoms with Crippen molar-refractivity contribution in [1.82, 2.24) is 16.0 Å². The smallest absolute Gasteiger partial charge is 0.326 e. The zero-order valence-electron chi connectivity index (χ0n) is 14.5. The van der Waals surface area contributed by atoms with Crippen molar-refractivity contribution in [2.75, 3.05) is 6.61 Å². The molecule has 0 fully saturated rings. The van der Waals surface area contributed by atoms with Crippen LogP contribution in [-0.4, -0.2) is 70.6 Å². The minimum atomic E-state index is -1.37. The maximum Gasteiger partial charge on any atom is 0.326 e. The summed E-state index contributed by atoms with van der Waals surface area (Å²) in [5.74, 6) is -4.44. The number of aliphatic hydroxyl groups is 1. The molecule has 0 aromatic rings. The third-order valence-corrected chi connectivity index (χ3v) is 3.28. The topological polar surface area (TPSA) is 214 Å². The van der Waals surface area contributed by atoms with Crippen LogP contribution in [0.1, 0.15) is 26.7 Å². The predicted molar refractivity (Wildman–Crippen MR) is 88.3 cm³/mol. The Bertz CT molecular complexity index is 552. The molecule has 26 heavy (non-hydrogen) atoms. The van der Waals surface area contributed by atoms with Crippen LogP contribution in [0.15, 0.2) is 0 Å². The molecule has 4 unspecified atom stereocenters. The molecule has 0 aromatic heterocycles. The van der Waals surface area contributed by atoms with E-state index in [0.29, 0.717) is 0 Å². The van der Waals surface area contributed by atoms with E-state index < -0.39 is 60.4 Å². The average molecular weight is 375 g/mol. The first-order valence-corrected chi connectivity index (χ1v) is 7.78. The number of carboxylic acid groups (broad SMARTS) is 1. The molecule has 12 nitrogen and oxygen atoms in total. The summed E-state index contributed by atoms with van der Waals surface area (Å²) in [4.78, 5) is 57.3. The van der Waals surface area contributed by atoms with E-state index in [4.69, 9.17) is 16.6 Å². The third kappa shape index (κ3) is 8.39. The van der Waals surface area contributed by atoms with Gasteiger partial charge in [0.25, 0.3) is 0 Å². The van der Waals surface area contributed by atoms with Gasteiger partial charge in [-0.05, 0) is 20.3 Å². The van der Waals surface area contributed by atoms with E-state index in [1.54, 1.807) is 0 Å². The molecule has 0 saturated heterocycles. The number of hydrogen-bond donors (Lipinski definition) is 7. The Hall–Kier alpha value is -2.73. The van der Waals surface area contributed by atoms with Crippen LogP contribution in [0.3, 0.4) is 0 Å². The molecule has 0 aromatic carbocycles. The molecule has 0 heterocycles. The van der Waals surface area contributed by atoms with Gasteiger partial charge in [-0.3, -0.25) is 19.2 Å². The Labute approximate surface area is 149 Å². The minimum Gasteiger partial charge on any atom is -0.480 e. The van der Waals surface area contributed by atoms with Gasteiger partial charge in [0.05, 0.1) is 12.6 Å². The lowest BCUT2D eigenvalue weighted by atomic mass is 10.1. The van der Waals surface area contributed by atoms with Gasteiger partial charge in [-0.1, -0.05) is 0 Å². The van der Waals surface area contributed by atoms with Crippen molar-refractivity contribution < 1.29 is 34.2 Å². The van der Waals surface area contributed by atoms with E-state index in [1.165, 1.54) is 13.8 Å². The molecule has 0 bridgehead atoms. The van der Waals surface area contributed by atoms with Gasteiger partial charge in [0, 0.05) is 6.42 Å². The van der Waals surface area contributed by atoms with E-state index in [-0.39, 0.29) is 12.8 Å². The minimum absolute atomic E-state index is 0.208. The first-order valence-electron chi connectivity index (χ1n) is 7.78. The Morgan fingerprint density at radius 2 is 1.46 bits per heavy atom. The predicted octanol–water partition coefficient (Wildman–Crippen LogP) is -3.85. The van der Waals surface area contributed by atoms with Gasteiger partial charge in [-0.15, -0.1) is 0 Å². The highest BCUT2D eigenvalue weighted by molar-refractivity contribution is 5.93. The molecule has 0 saturated carbocycles. The number of nitrogens with two attached hydrogens (primary N) is 2. The fraction of sp³-hybridized carbons (Fsp3) is 0.643. The van der Waals surface area contributed by atoms with Gasteiger partial charge in [0.2, 0.25) is 23.6 Å². The summed E-state index contributed by atoms with van der Waals surface area (Å²) in [6.45, 7) is 1.94. The van der Waals surface area contributed by atoms with Crippen LogP contribution >= 0.6 is 0 Å². The quantitative estimate of drug-likeness (QED) is 0.189. The van der Waals surface area contributed by atoms with E-state index in [9.17, 15) is 29.1 Å². The van der Waals surface area contributed by atoms with Crippen molar-refractivity contribution in [2.24, 2.45) is 11.5 Å². The van der Waals surface area contributed by atoms with Crippen LogP contribution in [0.2, 0.25) is 0 Å². The molecule has 0 aliphatic carbocycles. The second kappa shape index (κ2) is 11.0. The standard InChI is InChI=1S/C14H25N5O7/c1-6(15)11(22)19-9(5-20)13(24)17-7(2)12(23)18-8(14(25)26)3-4-10(16)21/h6-9,20H,3-5,15H2,1-2H3,(H2,16,21)(H,17,24)(H,18,23)(H,19,22)(H,25,26). The SMILES string of the molecule is CC(N)C(=O)NC(CO)C(=O)NC(C)C(=O)NC(CCC(N)=O)C(=O)O. The summed E-state index contributed by atoms with van der Waals surface area (Å²) in [7, 11) is 0. The number of aliphatic hydroxyl groups excluding tert-OH is 1. The third-order valence-electron chi connectivity index (χ3n) is 3.28. The second-order valence-electron chi connectivity index (χ2n) is 5.67. The lowest BCUT2D eigenvalue weighted by Gasteiger charge is -2.21. The number of amides is 4. The first kappa shape index (κ1) is 23.3. The van der Waals surface area contributed by atoms with E-state index in [2.05, 4.69) is 16.0 Å². The second-order valence-corrected chi connectivity index (χ2v) is 5.67. The lowest BCUT2D eigenvalue weighted by Crippen LogP contribution is -2.57. The monoisotopic (exact) mass is 375 g/mol. The number of nitrogens with one attached hydrogen (secondary N) is 3. The average Bonchev–Trinajstić information content (AvgIpc) is 2.54. The molecule has 0 rings (SSSR count). The summed E-state index contributed by atoms with van der Waals surface area (Å²) in [6, 6.07) is -4.76. The molecular formula is C14H25N5O7. The summed E-state index contributed by atoms with van der Waals surface area (Å²) in [5, 5.41) is 24.8. The zero-order valence-corrected chi connectivity index (χ0v) is 14.5. The van der Waals surface area contributed by atoms with Crippen LogP contribution in [-0.2, 0) is 24.0 Å². The highest BCUT2D eigenvalue weighted by atomic mass is 16.4. The van der Waals surface area contributed by atoms with E-state index in [1.807, 2.05) is 0 Å². The van der Waals surface area contributed by atoms with Crippen LogP contribution < -0.4 is 27.4 Å². The number of hydrogen-bond acceptors (Lipinski definition) is 7. The van der Waals surface area contributed by atoms with Gasteiger partial charge in [-0.25, -0.2) is 4.79 Å². The van der Waals surface area contributed by atoms with Crippen molar-refractivity contribution >= 4 is 29.6 Å². The maximum absolute atomic E-state index is 12.0. The van der Waals surface area contributed by atoms with Gasteiger partial charge in [0.1, 0.15) is 18.1 Å². The molecular weight excluding hydrogens is 350 g/mol. The molecule has 4 amide bonds. The van der Waals surface area contributed by atoms with Gasteiger partial charge in [0.15, 0.2) is 0 Å². The Morgan fingerprint density at radius 1 is 0.923 bits per heavy atom. The first-order chi connectivity index (χ1) is 12.0. The largest absolute Gasteiger partial charge is 0.480 e. The maximum atomic E-state index is 12.0. The number of aliphatic carboxylic acids is 1. The molecule has 4 atom stereocenters. The highest BCUT2D eigenvalue weighted by Gasteiger charge is 2.27. The van der Waals surface area contributed by atoms with Crippen LogP contribution in [0.5, 0.6) is 0 Å². The van der Waals surface area contributed by atoms with Gasteiger partial charge >= 0.3 is 5.97 Å². The molecule has 0 aliphatic rings. The number of carboxylic acids is 1. The summed E-state index contributed by atoms with van der Waals surface area (Å²) in [6.07, 6.45) is -0.450. The number of carbonyl (C=O) groups is 5. The zero-order chi connectivity index (χ0) is 20.4. The fourth-order valence-electron chi connectivity index (χ4n) is 1.72. The van der Waals surface area contributed by atoms with Crippen LogP contribution in [0, 0.1) is 0 Å². The van der Waals surface area contributed by atoms with Crippen LogP contribution in [0.4, 0.5) is 0 Å². The van der Waals surface area contributed by atoms with Crippen molar-refractivity contribution in [1.29, 1.82) is 0 Å². The molecule has 148 valence electrons. The molecule has 9 N–H and O–H groups in total. The van der Waals surface area contributed by atoms with Crippen molar-refractivity contribution in [2.45, 2.75) is 50.9 Å². The Kier molecular flexibility index (Phi) is 9.84. The van der Waals surface area contributed by atoms with Crippen molar-refractivity contribution in [3.8, 4) is 0 Å². The molecule has 0 aliphatic heterocycles. The fourth-order valence-corrected chi connectivity index (χ4v) is 1.72. The number of carbonyl (C=O) groups excluding carboxylic acids is 4. The van der Waals surface area contributed by atoms with Crippen molar-refractivity contribution in [3.05, 3.63) is 0 Å². The highest BCUT2D eigenvalue weighted by Crippen LogP contribution is 1.99. The summed E-state index contributed by atoms with van der Waals surface area (Å²) < 4.78 is 0. The van der Waals surface area contributed by atoms with E-state index >= 15 is 0 Å². The summed E-state index contributed by atoms with van der Waals surface area (Å²) in [5.41, 5.74) is 10.3. The Balaban J connectivity index is 4.75. The number of rotatable bonds is 11. The van der Waals surface area contributed by atoms with Gasteiger partial charge in [-0.2, -0.15) is 0 Å². The normalized spacial score (nSPS) is 15.1. The Morgan fingerprint density at radius 3 is 1.88 bits per heavy atom. The lowest BCUT2D eigenvalue weighted by molar-refractivity contribution is -0.142. The number of primary amides is 1. The van der Waals surface area contributed by atoms with Crippen molar-refractivity contribution in [3.63, 3.8) is 0 Å². The summed E-state index contributed by atoms with van der Waals surface area (Å²) >= 11 is 0. The van der Waals surface area contributed by atoms with Crippen LogP contribution in [0.25, 0.3) is 0 Å². The van der Waals surface area contributed by atoms with Gasteiger partial charge < -0.3 is 37.6 Å². The van der Waals surface area contributed by atoms with E-state index in [0.717, 1.165) is 0 Å². The molecule has 0 spiro atoms. The molecule has 12 heteroatoms. The molecule has 0 radical (unpaired) electrons.